The van der Waals surface area contributed by atoms with Crippen molar-refractivity contribution in [2.24, 2.45) is 4.99 Å². The first-order chi connectivity index (χ1) is 9.60. The minimum Gasteiger partial charge on any atom is -0.379 e. The van der Waals surface area contributed by atoms with Gasteiger partial charge in [0.1, 0.15) is 0 Å². The predicted octanol–water partition coefficient (Wildman–Crippen LogP) is 1.63. The van der Waals surface area contributed by atoms with E-state index in [1.807, 2.05) is 18.8 Å². The molecule has 0 atom stereocenters. The summed E-state index contributed by atoms with van der Waals surface area (Å²) in [5.74, 6) is 2.08. The number of rotatable bonds is 7. The molecule has 126 valence electrons. The molecule has 5 nitrogen and oxygen atoms in total. The molecule has 0 aliphatic carbocycles. The Morgan fingerprint density at radius 3 is 2.52 bits per heavy atom. The summed E-state index contributed by atoms with van der Waals surface area (Å²) < 4.78 is 5.42. The number of guanidine groups is 1. The van der Waals surface area contributed by atoms with Gasteiger partial charge in [0.2, 0.25) is 0 Å². The van der Waals surface area contributed by atoms with Crippen molar-refractivity contribution >= 4 is 41.7 Å². The number of nitrogens with one attached hydrogen (secondary N) is 2. The zero-order valence-corrected chi connectivity index (χ0v) is 16.9. The molecule has 1 fully saturated rings. The van der Waals surface area contributed by atoms with Crippen molar-refractivity contribution in [3.63, 3.8) is 0 Å². The number of morpholine rings is 1. The van der Waals surface area contributed by atoms with Gasteiger partial charge in [-0.05, 0) is 32.3 Å². The zero-order valence-electron chi connectivity index (χ0n) is 13.8. The third-order valence-electron chi connectivity index (χ3n) is 3.60. The fraction of sp³-hybridized carbons (Fsp3) is 0.929. The largest absolute Gasteiger partial charge is 0.379 e. The van der Waals surface area contributed by atoms with Gasteiger partial charge in [0.05, 0.1) is 13.2 Å². The Labute approximate surface area is 151 Å². The van der Waals surface area contributed by atoms with Crippen LogP contribution in [0.2, 0.25) is 0 Å². The predicted molar refractivity (Wildman–Crippen MR) is 104 cm³/mol. The summed E-state index contributed by atoms with van der Waals surface area (Å²) in [6.45, 7) is 10.1. The van der Waals surface area contributed by atoms with Crippen molar-refractivity contribution in [2.75, 3.05) is 58.4 Å². The highest BCUT2D eigenvalue weighted by Crippen LogP contribution is 2.14. The van der Waals surface area contributed by atoms with Crippen molar-refractivity contribution in [2.45, 2.75) is 25.8 Å². The number of ether oxygens (including phenoxy) is 1. The lowest BCUT2D eigenvalue weighted by Crippen LogP contribution is -2.56. The van der Waals surface area contributed by atoms with Gasteiger partial charge < -0.3 is 15.4 Å². The second-order valence-corrected chi connectivity index (χ2v) is 6.60. The summed E-state index contributed by atoms with van der Waals surface area (Å²) in [6.07, 6.45) is 3.30. The lowest BCUT2D eigenvalue weighted by Gasteiger charge is -2.41. The van der Waals surface area contributed by atoms with E-state index in [-0.39, 0.29) is 29.5 Å². The number of hydrogen-bond donors (Lipinski definition) is 2. The average Bonchev–Trinajstić information content (AvgIpc) is 2.47. The fourth-order valence-corrected chi connectivity index (χ4v) is 2.66. The average molecular weight is 430 g/mol. The van der Waals surface area contributed by atoms with Gasteiger partial charge in [0, 0.05) is 38.8 Å². The van der Waals surface area contributed by atoms with Crippen molar-refractivity contribution in [3.8, 4) is 0 Å². The Kier molecular flexibility index (Phi) is 11.9. The number of aliphatic imine (C=N–C) groups is 1. The topological polar surface area (TPSA) is 48.9 Å². The van der Waals surface area contributed by atoms with Gasteiger partial charge in [0.25, 0.3) is 0 Å². The lowest BCUT2D eigenvalue weighted by atomic mass is 10.0. The van der Waals surface area contributed by atoms with Crippen molar-refractivity contribution < 1.29 is 4.74 Å². The quantitative estimate of drug-likeness (QED) is 0.278. The van der Waals surface area contributed by atoms with E-state index >= 15 is 0 Å². The maximum Gasteiger partial charge on any atom is 0.191 e. The maximum atomic E-state index is 5.42. The summed E-state index contributed by atoms with van der Waals surface area (Å²) in [6, 6.07) is 0. The number of nitrogens with zero attached hydrogens (tertiary/aromatic N) is 2. The van der Waals surface area contributed by atoms with Crippen LogP contribution in [0.4, 0.5) is 0 Å². The molecule has 0 bridgehead atoms. The zero-order chi connectivity index (χ0) is 14.8. The van der Waals surface area contributed by atoms with Crippen LogP contribution in [0.15, 0.2) is 4.99 Å². The molecule has 1 aliphatic heterocycles. The highest BCUT2D eigenvalue weighted by atomic mass is 127. The van der Waals surface area contributed by atoms with Gasteiger partial charge in [-0.25, -0.2) is 0 Å². The molecule has 0 aromatic rings. The summed E-state index contributed by atoms with van der Waals surface area (Å²) in [4.78, 5) is 6.75. The Hall–Kier alpha value is 0.270. The number of hydrogen-bond acceptors (Lipinski definition) is 4. The summed E-state index contributed by atoms with van der Waals surface area (Å²) >= 11 is 1.88. The first-order valence-corrected chi connectivity index (χ1v) is 8.76. The Morgan fingerprint density at radius 1 is 1.29 bits per heavy atom. The lowest BCUT2D eigenvalue weighted by molar-refractivity contribution is -0.00833. The smallest absolute Gasteiger partial charge is 0.191 e. The SMILES string of the molecule is CN=C(NCCCSC)NCC(C)(C)N1CCOCC1.I. The minimum absolute atomic E-state index is 0. The molecule has 0 spiro atoms. The second-order valence-electron chi connectivity index (χ2n) is 5.61. The molecule has 0 amide bonds. The summed E-state index contributed by atoms with van der Waals surface area (Å²) in [7, 11) is 1.83. The van der Waals surface area contributed by atoms with Gasteiger partial charge in [0.15, 0.2) is 5.96 Å². The van der Waals surface area contributed by atoms with Crippen LogP contribution < -0.4 is 10.6 Å². The van der Waals surface area contributed by atoms with Crippen LogP contribution in [0.25, 0.3) is 0 Å². The maximum absolute atomic E-state index is 5.42. The van der Waals surface area contributed by atoms with Crippen molar-refractivity contribution in [1.29, 1.82) is 0 Å². The molecular formula is C14H31IN4OS. The van der Waals surface area contributed by atoms with E-state index in [0.29, 0.717) is 0 Å². The third-order valence-corrected chi connectivity index (χ3v) is 4.29. The molecule has 0 aromatic carbocycles. The van der Waals surface area contributed by atoms with Crippen LogP contribution in [0.1, 0.15) is 20.3 Å². The Bertz CT molecular complexity index is 297. The van der Waals surface area contributed by atoms with E-state index in [2.05, 4.69) is 40.6 Å². The van der Waals surface area contributed by atoms with Crippen molar-refractivity contribution in [1.82, 2.24) is 15.5 Å². The summed E-state index contributed by atoms with van der Waals surface area (Å²) in [5.41, 5.74) is 0.112. The molecule has 7 heteroatoms. The van der Waals surface area contributed by atoms with E-state index in [4.69, 9.17) is 4.74 Å². The van der Waals surface area contributed by atoms with E-state index < -0.39 is 0 Å². The first-order valence-electron chi connectivity index (χ1n) is 7.36. The van der Waals surface area contributed by atoms with Crippen LogP contribution in [0, 0.1) is 0 Å². The van der Waals surface area contributed by atoms with Crippen LogP contribution in [-0.4, -0.2) is 74.8 Å². The number of thioether (sulfide) groups is 1. The number of halogens is 1. The van der Waals surface area contributed by atoms with E-state index in [1.54, 1.807) is 0 Å². The highest BCUT2D eigenvalue weighted by molar-refractivity contribution is 14.0. The van der Waals surface area contributed by atoms with Crippen molar-refractivity contribution in [3.05, 3.63) is 0 Å². The van der Waals surface area contributed by atoms with Crippen LogP contribution in [0.3, 0.4) is 0 Å². The third kappa shape index (κ3) is 8.47. The highest BCUT2D eigenvalue weighted by Gasteiger charge is 2.28. The van der Waals surface area contributed by atoms with Gasteiger partial charge in [-0.3, -0.25) is 9.89 Å². The van der Waals surface area contributed by atoms with Crippen LogP contribution >= 0.6 is 35.7 Å². The molecule has 1 rings (SSSR count). The van der Waals surface area contributed by atoms with E-state index in [9.17, 15) is 0 Å². The molecule has 1 heterocycles. The fourth-order valence-electron chi connectivity index (χ4n) is 2.22. The van der Waals surface area contributed by atoms with E-state index in [0.717, 1.165) is 51.8 Å². The normalized spacial score (nSPS) is 17.2. The van der Waals surface area contributed by atoms with Gasteiger partial charge >= 0.3 is 0 Å². The molecule has 1 saturated heterocycles. The Morgan fingerprint density at radius 2 is 1.95 bits per heavy atom. The van der Waals surface area contributed by atoms with E-state index in [1.165, 1.54) is 5.75 Å². The molecule has 0 radical (unpaired) electrons. The van der Waals surface area contributed by atoms with Gasteiger partial charge in [-0.1, -0.05) is 0 Å². The van der Waals surface area contributed by atoms with Gasteiger partial charge in [-0.2, -0.15) is 11.8 Å². The summed E-state index contributed by atoms with van der Waals surface area (Å²) in [5, 5.41) is 6.80. The second kappa shape index (κ2) is 11.8. The first kappa shape index (κ1) is 21.3. The molecule has 0 unspecified atom stereocenters. The molecule has 2 N–H and O–H groups in total. The molecule has 21 heavy (non-hydrogen) atoms. The molecule has 0 aromatic heterocycles. The molecule has 0 saturated carbocycles. The Balaban J connectivity index is 0.00000400. The van der Waals surface area contributed by atoms with Crippen LogP contribution in [-0.2, 0) is 4.74 Å². The van der Waals surface area contributed by atoms with Gasteiger partial charge in [-0.15, -0.1) is 24.0 Å². The standard InChI is InChI=1S/C14H30N4OS.HI/c1-14(2,18-7-9-19-10-8-18)12-17-13(15-3)16-6-5-11-20-4;/h5-12H2,1-4H3,(H2,15,16,17);1H. The molecule has 1 aliphatic rings. The molecular weight excluding hydrogens is 399 g/mol. The van der Waals surface area contributed by atoms with Crippen LogP contribution in [0.5, 0.6) is 0 Å². The monoisotopic (exact) mass is 430 g/mol. The minimum atomic E-state index is 0.